The van der Waals surface area contributed by atoms with Gasteiger partial charge in [-0.15, -0.1) is 11.6 Å². The number of halogens is 1. The average Bonchev–Trinajstić information content (AvgIpc) is 2.86. The van der Waals surface area contributed by atoms with Crippen LogP contribution in [0.4, 0.5) is 9.93 Å². The Balaban J connectivity index is 2.14. The third kappa shape index (κ3) is 4.05. The van der Waals surface area contributed by atoms with Gasteiger partial charge in [0, 0.05) is 0 Å². The number of hydrogen-bond donors (Lipinski definition) is 1. The number of nitrogens with zero attached hydrogens (tertiary/aromatic N) is 1. The largest absolute Gasteiger partial charge is 0.462 e. The normalized spacial score (nSPS) is 10.4. The van der Waals surface area contributed by atoms with Crippen molar-refractivity contribution in [2.24, 2.45) is 0 Å². The van der Waals surface area contributed by atoms with Gasteiger partial charge in [0.05, 0.1) is 28.3 Å². The van der Waals surface area contributed by atoms with Crippen LogP contribution in [-0.4, -0.2) is 36.1 Å². The lowest BCUT2D eigenvalue weighted by Crippen LogP contribution is -2.14. The first-order valence-electron chi connectivity index (χ1n) is 6.21. The summed E-state index contributed by atoms with van der Waals surface area (Å²) in [5.74, 6) is -0.153. The van der Waals surface area contributed by atoms with E-state index in [9.17, 15) is 9.59 Å². The number of aromatic nitrogens is 1. The summed E-state index contributed by atoms with van der Waals surface area (Å²) in [5.41, 5.74) is 1.13. The van der Waals surface area contributed by atoms with E-state index in [2.05, 4.69) is 10.3 Å². The zero-order valence-corrected chi connectivity index (χ0v) is 12.8. The predicted molar refractivity (Wildman–Crippen MR) is 81.3 cm³/mol. The number of esters is 1. The number of thiazole rings is 1. The second-order valence-corrected chi connectivity index (χ2v) is 5.28. The molecule has 1 amide bonds. The van der Waals surface area contributed by atoms with Gasteiger partial charge >= 0.3 is 12.1 Å². The molecule has 0 radical (unpaired) electrons. The highest BCUT2D eigenvalue weighted by Gasteiger charge is 2.12. The van der Waals surface area contributed by atoms with Crippen LogP contribution in [0.25, 0.3) is 10.2 Å². The number of carbonyl (C=O) groups excluding carboxylic acids is 2. The maximum absolute atomic E-state index is 11.7. The van der Waals surface area contributed by atoms with Gasteiger partial charge in [0.1, 0.15) is 6.61 Å². The highest BCUT2D eigenvalue weighted by Crippen LogP contribution is 2.27. The van der Waals surface area contributed by atoms with Gasteiger partial charge in [0.25, 0.3) is 0 Å². The summed E-state index contributed by atoms with van der Waals surface area (Å²) < 4.78 is 10.5. The monoisotopic (exact) mass is 328 g/mol. The molecule has 0 saturated carbocycles. The van der Waals surface area contributed by atoms with Gasteiger partial charge in [-0.3, -0.25) is 5.32 Å². The first-order chi connectivity index (χ1) is 10.1. The lowest BCUT2D eigenvalue weighted by molar-refractivity contribution is 0.0526. The number of benzene rings is 1. The van der Waals surface area contributed by atoms with Gasteiger partial charge in [-0.2, -0.15) is 0 Å². The van der Waals surface area contributed by atoms with E-state index in [-0.39, 0.29) is 18.5 Å². The van der Waals surface area contributed by atoms with E-state index >= 15 is 0 Å². The van der Waals surface area contributed by atoms with Crippen molar-refractivity contribution >= 4 is 50.3 Å². The molecule has 0 unspecified atom stereocenters. The molecule has 1 heterocycles. The van der Waals surface area contributed by atoms with E-state index in [4.69, 9.17) is 21.1 Å². The van der Waals surface area contributed by atoms with Crippen molar-refractivity contribution in [2.45, 2.75) is 6.92 Å². The summed E-state index contributed by atoms with van der Waals surface area (Å²) in [7, 11) is 0. The van der Waals surface area contributed by atoms with E-state index < -0.39 is 6.09 Å². The molecule has 0 aliphatic carbocycles. The molecular formula is C13H13ClN2O4S. The quantitative estimate of drug-likeness (QED) is 0.673. The Labute approximate surface area is 130 Å². The van der Waals surface area contributed by atoms with Crippen LogP contribution in [0.15, 0.2) is 18.2 Å². The zero-order valence-electron chi connectivity index (χ0n) is 11.2. The maximum Gasteiger partial charge on any atom is 0.413 e. The maximum atomic E-state index is 11.7. The van der Waals surface area contributed by atoms with Gasteiger partial charge in [-0.25, -0.2) is 14.6 Å². The third-order valence-electron chi connectivity index (χ3n) is 2.42. The highest BCUT2D eigenvalue weighted by atomic mass is 35.5. The smallest absolute Gasteiger partial charge is 0.413 e. The molecule has 1 aromatic heterocycles. The molecule has 0 saturated heterocycles. The van der Waals surface area contributed by atoms with Gasteiger partial charge < -0.3 is 9.47 Å². The van der Waals surface area contributed by atoms with E-state index in [0.29, 0.717) is 22.8 Å². The van der Waals surface area contributed by atoms with E-state index in [1.807, 2.05) is 0 Å². The van der Waals surface area contributed by atoms with Crippen LogP contribution in [0.3, 0.4) is 0 Å². The molecule has 0 atom stereocenters. The van der Waals surface area contributed by atoms with Crippen molar-refractivity contribution in [3.63, 3.8) is 0 Å². The molecule has 1 N–H and O–H groups in total. The minimum absolute atomic E-state index is 0.130. The molecule has 0 spiro atoms. The predicted octanol–water partition coefficient (Wildman–Crippen LogP) is 3.26. The number of hydrogen-bond acceptors (Lipinski definition) is 6. The molecule has 8 heteroatoms. The lowest BCUT2D eigenvalue weighted by atomic mass is 10.2. The Bertz CT molecular complexity index is 659. The number of amides is 1. The van der Waals surface area contributed by atoms with Crippen molar-refractivity contribution in [3.05, 3.63) is 23.8 Å². The third-order valence-corrected chi connectivity index (χ3v) is 3.51. The summed E-state index contributed by atoms with van der Waals surface area (Å²) in [5, 5.41) is 2.91. The molecule has 0 aliphatic heterocycles. The number of alkyl halides is 1. The molecule has 1 aromatic carbocycles. The minimum Gasteiger partial charge on any atom is -0.462 e. The van der Waals surface area contributed by atoms with Gasteiger partial charge in [0.15, 0.2) is 5.13 Å². The number of carbonyl (C=O) groups is 2. The summed E-state index contributed by atoms with van der Waals surface area (Å²) in [6, 6.07) is 5.02. The topological polar surface area (TPSA) is 77.5 Å². The van der Waals surface area contributed by atoms with Crippen LogP contribution in [0, 0.1) is 0 Å². The molecule has 2 rings (SSSR count). The van der Waals surface area contributed by atoms with Crippen molar-refractivity contribution in [3.8, 4) is 0 Å². The fraction of sp³-hybridized carbons (Fsp3) is 0.308. The average molecular weight is 329 g/mol. The first kappa shape index (κ1) is 15.5. The van der Waals surface area contributed by atoms with Crippen LogP contribution in [0.5, 0.6) is 0 Å². The van der Waals surface area contributed by atoms with Crippen LogP contribution in [0.2, 0.25) is 0 Å². The Morgan fingerprint density at radius 3 is 2.90 bits per heavy atom. The standard InChI is InChI=1S/C13H13ClN2O4S/c1-2-19-11(17)8-3-4-9-10(7-8)21-12(15-9)16-13(18)20-6-5-14/h3-4,7H,2,5-6H2,1H3,(H,15,16,18). The molecular weight excluding hydrogens is 316 g/mol. The van der Waals surface area contributed by atoms with Crippen LogP contribution < -0.4 is 5.32 Å². The van der Waals surface area contributed by atoms with Crippen molar-refractivity contribution in [2.75, 3.05) is 24.4 Å². The summed E-state index contributed by atoms with van der Waals surface area (Å²) in [6.07, 6.45) is -0.611. The lowest BCUT2D eigenvalue weighted by Gasteiger charge is -2.01. The van der Waals surface area contributed by atoms with E-state index in [1.54, 1.807) is 25.1 Å². The summed E-state index contributed by atoms with van der Waals surface area (Å²) in [4.78, 5) is 27.3. The molecule has 112 valence electrons. The van der Waals surface area contributed by atoms with Crippen molar-refractivity contribution in [1.82, 2.24) is 4.98 Å². The van der Waals surface area contributed by atoms with Gasteiger partial charge in [0.2, 0.25) is 0 Å². The summed E-state index contributed by atoms with van der Waals surface area (Å²) in [6.45, 7) is 2.20. The van der Waals surface area contributed by atoms with E-state index in [0.717, 1.165) is 4.70 Å². The molecule has 6 nitrogen and oxygen atoms in total. The van der Waals surface area contributed by atoms with Crippen LogP contribution >= 0.6 is 22.9 Å². The van der Waals surface area contributed by atoms with Gasteiger partial charge in [-0.1, -0.05) is 11.3 Å². The Morgan fingerprint density at radius 2 is 2.19 bits per heavy atom. The number of fused-ring (bicyclic) bond motifs is 1. The fourth-order valence-corrected chi connectivity index (χ4v) is 2.54. The second kappa shape index (κ2) is 7.24. The van der Waals surface area contributed by atoms with Crippen molar-refractivity contribution in [1.29, 1.82) is 0 Å². The van der Waals surface area contributed by atoms with Gasteiger partial charge in [-0.05, 0) is 25.1 Å². The van der Waals surface area contributed by atoms with Crippen molar-refractivity contribution < 1.29 is 19.1 Å². The minimum atomic E-state index is -0.611. The Hall–Kier alpha value is -1.86. The van der Waals surface area contributed by atoms with E-state index in [1.165, 1.54) is 11.3 Å². The summed E-state index contributed by atoms with van der Waals surface area (Å²) >= 11 is 6.67. The fourth-order valence-electron chi connectivity index (χ4n) is 1.57. The SMILES string of the molecule is CCOC(=O)c1ccc2nc(NC(=O)OCCCl)sc2c1. The Kier molecular flexibility index (Phi) is 5.35. The molecule has 2 aromatic rings. The molecule has 0 aliphatic rings. The molecule has 0 fully saturated rings. The Morgan fingerprint density at radius 1 is 1.38 bits per heavy atom. The second-order valence-electron chi connectivity index (χ2n) is 3.87. The number of rotatable bonds is 5. The number of anilines is 1. The number of nitrogens with one attached hydrogen (secondary N) is 1. The molecule has 21 heavy (non-hydrogen) atoms. The molecule has 0 bridgehead atoms. The first-order valence-corrected chi connectivity index (χ1v) is 7.56. The zero-order chi connectivity index (χ0) is 15.2. The highest BCUT2D eigenvalue weighted by molar-refractivity contribution is 7.22. The number of ether oxygens (including phenoxy) is 2. The van der Waals surface area contributed by atoms with Crippen LogP contribution in [-0.2, 0) is 9.47 Å². The van der Waals surface area contributed by atoms with Crippen LogP contribution in [0.1, 0.15) is 17.3 Å².